The standard InChI is InChI=1S/C22H18FN5O2/c23-17-6-5-13(10-18-14-3-1-2-4-15(14)22(30)27-26-18)9-16(17)21(29)19-11-20-24-7-8-28(20)12-25-19/h1-9,19,25H,10-12H2,(H,27,30). The molecule has 2 aromatic heterocycles. The normalized spacial score (nSPS) is 15.8. The van der Waals surface area contributed by atoms with E-state index >= 15 is 0 Å². The number of hydrogen-bond donors (Lipinski definition) is 2. The van der Waals surface area contributed by atoms with Gasteiger partial charge in [-0.3, -0.25) is 14.9 Å². The third kappa shape index (κ3) is 3.21. The van der Waals surface area contributed by atoms with Crippen LogP contribution >= 0.6 is 0 Å². The number of imidazole rings is 1. The fraction of sp³-hybridized carbons (Fsp3) is 0.182. The number of aromatic nitrogens is 4. The lowest BCUT2D eigenvalue weighted by molar-refractivity contribution is 0.0923. The van der Waals surface area contributed by atoms with E-state index in [1.165, 1.54) is 6.07 Å². The van der Waals surface area contributed by atoms with Crippen LogP contribution in [0.5, 0.6) is 0 Å². The third-order valence-corrected chi connectivity index (χ3v) is 5.46. The minimum absolute atomic E-state index is 0.0405. The number of carbonyl (C=O) groups is 1. The maximum Gasteiger partial charge on any atom is 0.272 e. The highest BCUT2D eigenvalue weighted by molar-refractivity contribution is 6.00. The van der Waals surface area contributed by atoms with Gasteiger partial charge in [0.2, 0.25) is 0 Å². The first-order valence-corrected chi connectivity index (χ1v) is 9.62. The molecule has 0 bridgehead atoms. The molecule has 1 aliphatic rings. The fourth-order valence-corrected chi connectivity index (χ4v) is 3.88. The second kappa shape index (κ2) is 7.31. The average molecular weight is 403 g/mol. The molecule has 2 N–H and O–H groups in total. The Balaban J connectivity index is 1.45. The summed E-state index contributed by atoms with van der Waals surface area (Å²) < 4.78 is 16.4. The Kier molecular flexibility index (Phi) is 4.48. The van der Waals surface area contributed by atoms with Gasteiger partial charge in [-0.25, -0.2) is 14.5 Å². The van der Waals surface area contributed by atoms with Crippen LogP contribution in [-0.2, 0) is 19.5 Å². The number of Topliss-reactive ketones (excluding diaryl/α,β-unsaturated/α-hetero) is 1. The summed E-state index contributed by atoms with van der Waals surface area (Å²) in [6, 6.07) is 11.2. The lowest BCUT2D eigenvalue weighted by Crippen LogP contribution is -2.44. The number of aromatic amines is 1. The molecule has 7 nitrogen and oxygen atoms in total. The Morgan fingerprint density at radius 2 is 2.03 bits per heavy atom. The molecule has 4 aromatic rings. The molecule has 3 heterocycles. The molecule has 150 valence electrons. The number of carbonyl (C=O) groups excluding carboxylic acids is 1. The molecule has 8 heteroatoms. The van der Waals surface area contributed by atoms with E-state index in [0.717, 1.165) is 16.8 Å². The van der Waals surface area contributed by atoms with Gasteiger partial charge in [0, 0.05) is 30.6 Å². The lowest BCUT2D eigenvalue weighted by atomic mass is 9.96. The summed E-state index contributed by atoms with van der Waals surface area (Å²) >= 11 is 0. The monoisotopic (exact) mass is 403 g/mol. The topological polar surface area (TPSA) is 92.7 Å². The Morgan fingerprint density at radius 1 is 1.20 bits per heavy atom. The molecule has 0 fully saturated rings. The van der Waals surface area contributed by atoms with Gasteiger partial charge in [0.05, 0.1) is 29.4 Å². The number of H-pyrrole nitrogens is 1. The van der Waals surface area contributed by atoms with Crippen LogP contribution in [0.4, 0.5) is 4.39 Å². The number of fused-ring (bicyclic) bond motifs is 2. The molecule has 0 radical (unpaired) electrons. The van der Waals surface area contributed by atoms with Crippen molar-refractivity contribution in [2.45, 2.75) is 25.6 Å². The summed E-state index contributed by atoms with van der Waals surface area (Å²) in [5, 5.41) is 11.1. The van der Waals surface area contributed by atoms with E-state index in [0.29, 0.717) is 30.6 Å². The first kappa shape index (κ1) is 18.4. The molecule has 30 heavy (non-hydrogen) atoms. The second-order valence-electron chi connectivity index (χ2n) is 7.33. The molecule has 1 atom stereocenters. The minimum Gasteiger partial charge on any atom is -0.322 e. The molecular formula is C22H18FN5O2. The highest BCUT2D eigenvalue weighted by atomic mass is 19.1. The summed E-state index contributed by atoms with van der Waals surface area (Å²) in [4.78, 5) is 29.3. The number of ketones is 1. The molecule has 0 saturated carbocycles. The predicted octanol–water partition coefficient (Wildman–Crippen LogP) is 2.20. The zero-order valence-corrected chi connectivity index (χ0v) is 15.9. The fourth-order valence-electron chi connectivity index (χ4n) is 3.88. The van der Waals surface area contributed by atoms with E-state index < -0.39 is 11.9 Å². The summed E-state index contributed by atoms with van der Waals surface area (Å²) in [5.74, 6) is -0.0609. The number of benzene rings is 2. The number of nitrogens with zero attached hydrogens (tertiary/aromatic N) is 3. The summed E-state index contributed by atoms with van der Waals surface area (Å²) in [6.07, 6.45) is 4.29. The first-order chi connectivity index (χ1) is 14.6. The van der Waals surface area contributed by atoms with E-state index in [-0.39, 0.29) is 16.9 Å². The highest BCUT2D eigenvalue weighted by Gasteiger charge is 2.27. The Bertz CT molecular complexity index is 1330. The van der Waals surface area contributed by atoms with Crippen LogP contribution in [-0.4, -0.2) is 31.6 Å². The van der Waals surface area contributed by atoms with E-state index in [1.54, 1.807) is 30.5 Å². The number of nitrogens with one attached hydrogen (secondary N) is 2. The van der Waals surface area contributed by atoms with Crippen LogP contribution in [0.2, 0.25) is 0 Å². The summed E-state index contributed by atoms with van der Waals surface area (Å²) in [5.41, 5.74) is 1.18. The maximum absolute atomic E-state index is 14.5. The van der Waals surface area contributed by atoms with Gasteiger partial charge in [-0.15, -0.1) is 0 Å². The van der Waals surface area contributed by atoms with Gasteiger partial charge >= 0.3 is 0 Å². The van der Waals surface area contributed by atoms with Crippen molar-refractivity contribution in [3.63, 3.8) is 0 Å². The number of halogens is 1. The van der Waals surface area contributed by atoms with Crippen molar-refractivity contribution in [1.29, 1.82) is 0 Å². The van der Waals surface area contributed by atoms with Crippen LogP contribution < -0.4 is 10.9 Å². The van der Waals surface area contributed by atoms with Crippen molar-refractivity contribution in [3.8, 4) is 0 Å². The maximum atomic E-state index is 14.5. The Labute approximate surface area is 170 Å². The summed E-state index contributed by atoms with van der Waals surface area (Å²) in [6.45, 7) is 0.459. The van der Waals surface area contributed by atoms with Gasteiger partial charge in [-0.05, 0) is 23.8 Å². The molecule has 0 aliphatic carbocycles. The molecule has 5 rings (SSSR count). The van der Waals surface area contributed by atoms with Crippen LogP contribution in [0.25, 0.3) is 10.8 Å². The van der Waals surface area contributed by atoms with Gasteiger partial charge in [-0.1, -0.05) is 24.3 Å². The molecule has 0 spiro atoms. The van der Waals surface area contributed by atoms with E-state index in [4.69, 9.17) is 0 Å². The zero-order valence-electron chi connectivity index (χ0n) is 15.9. The Hall–Kier alpha value is -3.65. The largest absolute Gasteiger partial charge is 0.322 e. The van der Waals surface area contributed by atoms with Crippen molar-refractivity contribution in [2.75, 3.05) is 0 Å². The lowest BCUT2D eigenvalue weighted by Gasteiger charge is -2.24. The van der Waals surface area contributed by atoms with E-state index in [9.17, 15) is 14.0 Å². The molecule has 1 aliphatic heterocycles. The molecular weight excluding hydrogens is 385 g/mol. The minimum atomic E-state index is -0.557. The average Bonchev–Trinajstić information content (AvgIpc) is 3.24. The summed E-state index contributed by atoms with van der Waals surface area (Å²) in [7, 11) is 0. The molecule has 0 saturated heterocycles. The molecule has 1 unspecified atom stereocenters. The molecule has 2 aromatic carbocycles. The van der Waals surface area contributed by atoms with Crippen molar-refractivity contribution in [2.24, 2.45) is 0 Å². The van der Waals surface area contributed by atoms with Crippen molar-refractivity contribution < 1.29 is 9.18 Å². The van der Waals surface area contributed by atoms with Gasteiger partial charge in [0.25, 0.3) is 5.56 Å². The van der Waals surface area contributed by atoms with Gasteiger partial charge in [0.15, 0.2) is 5.78 Å². The van der Waals surface area contributed by atoms with Gasteiger partial charge in [-0.2, -0.15) is 5.10 Å². The van der Waals surface area contributed by atoms with Crippen molar-refractivity contribution >= 4 is 16.6 Å². The smallest absolute Gasteiger partial charge is 0.272 e. The number of rotatable bonds is 4. The number of hydrogen-bond acceptors (Lipinski definition) is 5. The van der Waals surface area contributed by atoms with Crippen molar-refractivity contribution in [1.82, 2.24) is 25.1 Å². The van der Waals surface area contributed by atoms with Gasteiger partial charge in [0.1, 0.15) is 11.6 Å². The van der Waals surface area contributed by atoms with E-state index in [1.807, 2.05) is 22.9 Å². The van der Waals surface area contributed by atoms with Crippen LogP contribution in [0.3, 0.4) is 0 Å². The van der Waals surface area contributed by atoms with Crippen LogP contribution in [0.15, 0.2) is 59.7 Å². The second-order valence-corrected chi connectivity index (χ2v) is 7.33. The SMILES string of the molecule is O=C(c1cc(Cc2n[nH]c(=O)c3ccccc23)ccc1F)C1Cc2nccn2CN1. The van der Waals surface area contributed by atoms with Crippen LogP contribution in [0.1, 0.15) is 27.4 Å². The van der Waals surface area contributed by atoms with Gasteiger partial charge < -0.3 is 4.57 Å². The van der Waals surface area contributed by atoms with Crippen LogP contribution in [0, 0.1) is 5.82 Å². The predicted molar refractivity (Wildman–Crippen MR) is 109 cm³/mol. The molecule has 0 amide bonds. The highest BCUT2D eigenvalue weighted by Crippen LogP contribution is 2.20. The first-order valence-electron chi connectivity index (χ1n) is 9.62. The Morgan fingerprint density at radius 3 is 2.90 bits per heavy atom. The third-order valence-electron chi connectivity index (χ3n) is 5.46. The van der Waals surface area contributed by atoms with Crippen molar-refractivity contribution in [3.05, 3.63) is 93.7 Å². The zero-order chi connectivity index (χ0) is 20.7. The quantitative estimate of drug-likeness (QED) is 0.510. The van der Waals surface area contributed by atoms with E-state index in [2.05, 4.69) is 20.5 Å².